The van der Waals surface area contributed by atoms with Gasteiger partial charge in [-0.25, -0.2) is 0 Å². The number of carbonyl (C=O) groups excluding carboxylic acids is 1. The van der Waals surface area contributed by atoms with E-state index >= 15 is 0 Å². The van der Waals surface area contributed by atoms with Crippen molar-refractivity contribution in [1.29, 1.82) is 0 Å². The summed E-state index contributed by atoms with van der Waals surface area (Å²) in [7, 11) is 0. The van der Waals surface area contributed by atoms with Crippen LogP contribution in [0.25, 0.3) is 0 Å². The van der Waals surface area contributed by atoms with Gasteiger partial charge < -0.3 is 15.7 Å². The van der Waals surface area contributed by atoms with E-state index in [1.54, 1.807) is 11.8 Å². The minimum absolute atomic E-state index is 0.0905. The molecule has 1 aliphatic rings. The molecule has 104 valence electrons. The third kappa shape index (κ3) is 3.98. The summed E-state index contributed by atoms with van der Waals surface area (Å²) >= 11 is 0. The Bertz CT molecular complexity index is 307. The predicted molar refractivity (Wildman–Crippen MR) is 69.1 cm³/mol. The fourth-order valence-corrected chi connectivity index (χ4v) is 2.28. The lowest BCUT2D eigenvalue weighted by Crippen LogP contribution is -2.34. The fourth-order valence-electron chi connectivity index (χ4n) is 2.28. The van der Waals surface area contributed by atoms with Gasteiger partial charge in [-0.15, -0.1) is 0 Å². The summed E-state index contributed by atoms with van der Waals surface area (Å²) in [6.45, 7) is 3.34. The monoisotopic (exact) mass is 256 g/mol. The highest BCUT2D eigenvalue weighted by Crippen LogP contribution is 2.30. The number of carboxylic acids is 1. The first kappa shape index (κ1) is 15.0. The van der Waals surface area contributed by atoms with Gasteiger partial charge in [0.05, 0.1) is 5.41 Å². The van der Waals surface area contributed by atoms with Crippen molar-refractivity contribution in [3.63, 3.8) is 0 Å². The third-order valence-electron chi connectivity index (χ3n) is 3.69. The second kappa shape index (κ2) is 6.73. The van der Waals surface area contributed by atoms with E-state index in [4.69, 9.17) is 10.8 Å². The number of amides is 1. The van der Waals surface area contributed by atoms with E-state index in [1.807, 2.05) is 0 Å². The molecule has 5 heteroatoms. The van der Waals surface area contributed by atoms with Crippen molar-refractivity contribution in [2.75, 3.05) is 19.6 Å². The molecule has 0 saturated carbocycles. The number of rotatable bonds is 7. The van der Waals surface area contributed by atoms with Gasteiger partial charge in [-0.1, -0.05) is 12.8 Å². The van der Waals surface area contributed by atoms with Crippen molar-refractivity contribution < 1.29 is 14.7 Å². The van der Waals surface area contributed by atoms with Gasteiger partial charge in [0.25, 0.3) is 0 Å². The Labute approximate surface area is 108 Å². The third-order valence-corrected chi connectivity index (χ3v) is 3.69. The second-order valence-electron chi connectivity index (χ2n) is 5.38. The van der Waals surface area contributed by atoms with Gasteiger partial charge >= 0.3 is 5.97 Å². The van der Waals surface area contributed by atoms with Crippen LogP contribution in [0.3, 0.4) is 0 Å². The Morgan fingerprint density at radius 1 is 1.28 bits per heavy atom. The standard InChI is InChI=1S/C13H24N2O3/c1-13(12(17)18)7-9-15(10-13)11(16)6-4-2-3-5-8-14/h2-10,14H2,1H3,(H,17,18). The van der Waals surface area contributed by atoms with E-state index < -0.39 is 11.4 Å². The van der Waals surface area contributed by atoms with Crippen molar-refractivity contribution >= 4 is 11.9 Å². The summed E-state index contributed by atoms with van der Waals surface area (Å²) in [5.74, 6) is -0.714. The molecule has 0 aliphatic carbocycles. The highest BCUT2D eigenvalue weighted by Gasteiger charge is 2.41. The number of carboxylic acid groups (broad SMARTS) is 1. The molecular weight excluding hydrogens is 232 g/mol. The minimum Gasteiger partial charge on any atom is -0.481 e. The van der Waals surface area contributed by atoms with Crippen LogP contribution in [0.15, 0.2) is 0 Å². The number of likely N-dealkylation sites (tertiary alicyclic amines) is 1. The zero-order valence-electron chi connectivity index (χ0n) is 11.2. The maximum Gasteiger partial charge on any atom is 0.311 e. The van der Waals surface area contributed by atoms with Crippen LogP contribution in [-0.2, 0) is 9.59 Å². The predicted octanol–water partition coefficient (Wildman–Crippen LogP) is 1.22. The molecule has 1 fully saturated rings. The fraction of sp³-hybridized carbons (Fsp3) is 0.846. The maximum absolute atomic E-state index is 11.9. The van der Waals surface area contributed by atoms with Crippen LogP contribution in [0.5, 0.6) is 0 Å². The molecule has 0 aromatic rings. The van der Waals surface area contributed by atoms with Gasteiger partial charge in [-0.3, -0.25) is 9.59 Å². The Kier molecular flexibility index (Phi) is 5.59. The topological polar surface area (TPSA) is 83.6 Å². The van der Waals surface area contributed by atoms with Crippen LogP contribution in [0, 0.1) is 5.41 Å². The molecule has 0 radical (unpaired) electrons. The zero-order valence-corrected chi connectivity index (χ0v) is 11.2. The van der Waals surface area contributed by atoms with Crippen molar-refractivity contribution in [1.82, 2.24) is 4.90 Å². The van der Waals surface area contributed by atoms with Gasteiger partial charge in [0.1, 0.15) is 0 Å². The van der Waals surface area contributed by atoms with Crippen molar-refractivity contribution in [2.45, 2.75) is 45.4 Å². The van der Waals surface area contributed by atoms with E-state index in [0.29, 0.717) is 32.5 Å². The number of hydrogen-bond acceptors (Lipinski definition) is 3. The van der Waals surface area contributed by atoms with Crippen molar-refractivity contribution in [3.05, 3.63) is 0 Å². The van der Waals surface area contributed by atoms with Crippen LogP contribution in [0.4, 0.5) is 0 Å². The molecule has 3 N–H and O–H groups in total. The molecule has 1 heterocycles. The number of nitrogens with zero attached hydrogens (tertiary/aromatic N) is 1. The summed E-state index contributed by atoms with van der Waals surface area (Å²) in [4.78, 5) is 24.7. The summed E-state index contributed by atoms with van der Waals surface area (Å²) in [5.41, 5.74) is 4.64. The average Bonchev–Trinajstić information content (AvgIpc) is 2.73. The van der Waals surface area contributed by atoms with E-state index in [2.05, 4.69) is 0 Å². The number of unbranched alkanes of at least 4 members (excludes halogenated alkanes) is 3. The number of carbonyl (C=O) groups is 2. The summed E-state index contributed by atoms with van der Waals surface area (Å²) in [5, 5.41) is 9.10. The summed E-state index contributed by atoms with van der Waals surface area (Å²) in [6.07, 6.45) is 5.05. The molecule has 5 nitrogen and oxygen atoms in total. The Hall–Kier alpha value is -1.10. The van der Waals surface area contributed by atoms with Gasteiger partial charge in [-0.05, 0) is 32.7 Å². The zero-order chi connectivity index (χ0) is 13.6. The molecule has 0 spiro atoms. The number of aliphatic carboxylic acids is 1. The first-order valence-corrected chi connectivity index (χ1v) is 6.71. The lowest BCUT2D eigenvalue weighted by Gasteiger charge is -2.20. The SMILES string of the molecule is CC1(C(=O)O)CCN(C(=O)CCCCCCN)C1. The highest BCUT2D eigenvalue weighted by molar-refractivity contribution is 5.80. The van der Waals surface area contributed by atoms with Crippen LogP contribution >= 0.6 is 0 Å². The van der Waals surface area contributed by atoms with E-state index in [1.165, 1.54) is 0 Å². The lowest BCUT2D eigenvalue weighted by molar-refractivity contribution is -0.147. The number of nitrogens with two attached hydrogens (primary N) is 1. The van der Waals surface area contributed by atoms with Crippen LogP contribution in [0.1, 0.15) is 45.4 Å². The molecule has 0 bridgehead atoms. The van der Waals surface area contributed by atoms with E-state index in [9.17, 15) is 9.59 Å². The minimum atomic E-state index is -0.805. The molecule has 18 heavy (non-hydrogen) atoms. The number of hydrogen-bond donors (Lipinski definition) is 2. The smallest absolute Gasteiger partial charge is 0.311 e. The lowest BCUT2D eigenvalue weighted by atomic mass is 9.90. The molecule has 1 atom stereocenters. The molecule has 0 aromatic heterocycles. The van der Waals surface area contributed by atoms with Crippen molar-refractivity contribution in [2.24, 2.45) is 11.1 Å². The molecule has 1 amide bonds. The first-order chi connectivity index (χ1) is 8.49. The maximum atomic E-state index is 11.9. The Morgan fingerprint density at radius 2 is 1.94 bits per heavy atom. The average molecular weight is 256 g/mol. The van der Waals surface area contributed by atoms with Crippen LogP contribution < -0.4 is 5.73 Å². The molecule has 1 rings (SSSR count). The van der Waals surface area contributed by atoms with Crippen LogP contribution in [-0.4, -0.2) is 41.5 Å². The van der Waals surface area contributed by atoms with Gasteiger partial charge in [0, 0.05) is 19.5 Å². The van der Waals surface area contributed by atoms with Gasteiger partial charge in [0.2, 0.25) is 5.91 Å². The van der Waals surface area contributed by atoms with Crippen molar-refractivity contribution in [3.8, 4) is 0 Å². The van der Waals surface area contributed by atoms with Crippen LogP contribution in [0.2, 0.25) is 0 Å². The van der Waals surface area contributed by atoms with E-state index in [0.717, 1.165) is 25.7 Å². The molecular formula is C13H24N2O3. The molecule has 1 unspecified atom stereocenters. The molecule has 1 aliphatic heterocycles. The van der Waals surface area contributed by atoms with Gasteiger partial charge in [-0.2, -0.15) is 0 Å². The summed E-state index contributed by atoms with van der Waals surface area (Å²) in [6, 6.07) is 0. The highest BCUT2D eigenvalue weighted by atomic mass is 16.4. The van der Waals surface area contributed by atoms with Gasteiger partial charge in [0.15, 0.2) is 0 Å². The van der Waals surface area contributed by atoms with E-state index in [-0.39, 0.29) is 5.91 Å². The largest absolute Gasteiger partial charge is 0.481 e. The quantitative estimate of drug-likeness (QED) is 0.671. The normalized spacial score (nSPS) is 23.3. The second-order valence-corrected chi connectivity index (χ2v) is 5.38. The summed E-state index contributed by atoms with van der Waals surface area (Å²) < 4.78 is 0. The first-order valence-electron chi connectivity index (χ1n) is 6.71. The Balaban J connectivity index is 2.26. The molecule has 0 aromatic carbocycles. The Morgan fingerprint density at radius 3 is 2.50 bits per heavy atom. The molecule has 1 saturated heterocycles.